The fraction of sp³-hybridized carbons (Fsp3) is 0.500. The van der Waals surface area contributed by atoms with Crippen LogP contribution in [0, 0.1) is 11.7 Å². The van der Waals surface area contributed by atoms with Crippen LogP contribution in [0.4, 0.5) is 4.39 Å². The molecule has 1 fully saturated rings. The first-order chi connectivity index (χ1) is 9.97. The van der Waals surface area contributed by atoms with E-state index in [2.05, 4.69) is 22.4 Å². The number of aromatic nitrogens is 1. The van der Waals surface area contributed by atoms with Crippen LogP contribution in [-0.2, 0) is 0 Å². The largest absolute Gasteiger partial charge is 0.409 e. The molecular weight excluding hydrogens is 275 g/mol. The lowest BCUT2D eigenvalue weighted by Gasteiger charge is -2.38. The first-order valence-electron chi connectivity index (χ1n) is 6.89. The minimum atomic E-state index is -0.867. The van der Waals surface area contributed by atoms with Gasteiger partial charge in [-0.25, -0.2) is 9.37 Å². The summed E-state index contributed by atoms with van der Waals surface area (Å²) in [5.41, 5.74) is 5.01. The van der Waals surface area contributed by atoms with E-state index < -0.39 is 17.3 Å². The minimum absolute atomic E-state index is 0.00939. The highest BCUT2D eigenvalue weighted by Crippen LogP contribution is 2.32. The van der Waals surface area contributed by atoms with Crippen molar-refractivity contribution in [2.24, 2.45) is 16.8 Å². The van der Waals surface area contributed by atoms with Crippen molar-refractivity contribution >= 4 is 11.7 Å². The van der Waals surface area contributed by atoms with E-state index in [1.807, 2.05) is 0 Å². The normalized spacial score (nSPS) is 26.4. The number of hydrogen-bond donors (Lipinski definition) is 3. The van der Waals surface area contributed by atoms with Crippen molar-refractivity contribution in [1.82, 2.24) is 10.3 Å². The van der Waals surface area contributed by atoms with Crippen LogP contribution in [0.3, 0.4) is 0 Å². The highest BCUT2D eigenvalue weighted by atomic mass is 19.1. The van der Waals surface area contributed by atoms with Crippen LogP contribution in [-0.4, -0.2) is 27.5 Å². The Balaban J connectivity index is 2.19. The summed E-state index contributed by atoms with van der Waals surface area (Å²) in [6, 6.07) is 2.47. The molecule has 0 radical (unpaired) electrons. The fourth-order valence-corrected chi connectivity index (χ4v) is 2.59. The van der Waals surface area contributed by atoms with Crippen LogP contribution in [0.15, 0.2) is 23.5 Å². The lowest BCUT2D eigenvalue weighted by Crippen LogP contribution is -2.59. The molecule has 7 heteroatoms. The second-order valence-electron chi connectivity index (χ2n) is 5.57. The van der Waals surface area contributed by atoms with Crippen molar-refractivity contribution in [3.8, 4) is 0 Å². The molecule has 0 spiro atoms. The highest BCUT2D eigenvalue weighted by Gasteiger charge is 2.40. The summed E-state index contributed by atoms with van der Waals surface area (Å²) in [6.07, 6.45) is 3.91. The number of carbonyl (C=O) groups is 1. The van der Waals surface area contributed by atoms with Crippen LogP contribution in [0.2, 0.25) is 0 Å². The van der Waals surface area contributed by atoms with Gasteiger partial charge in [0.2, 0.25) is 0 Å². The van der Waals surface area contributed by atoms with Crippen molar-refractivity contribution in [2.75, 3.05) is 0 Å². The molecule has 0 bridgehead atoms. The second kappa shape index (κ2) is 6.07. The Kier molecular flexibility index (Phi) is 4.40. The fourth-order valence-electron chi connectivity index (χ4n) is 2.59. The maximum absolute atomic E-state index is 12.8. The zero-order chi connectivity index (χ0) is 15.5. The molecule has 2 rings (SSSR count). The number of pyridine rings is 1. The van der Waals surface area contributed by atoms with Crippen LogP contribution in [0.5, 0.6) is 0 Å². The molecule has 0 atom stereocenters. The number of amidine groups is 1. The smallest absolute Gasteiger partial charge is 0.270 e. The van der Waals surface area contributed by atoms with E-state index in [0.717, 1.165) is 19.0 Å². The predicted octanol–water partition coefficient (Wildman–Crippen LogP) is 1.65. The molecule has 1 aromatic heterocycles. The summed E-state index contributed by atoms with van der Waals surface area (Å²) in [5.74, 6) is -0.448. The number of rotatable bonds is 3. The van der Waals surface area contributed by atoms with E-state index in [1.54, 1.807) is 0 Å². The summed E-state index contributed by atoms with van der Waals surface area (Å²) < 4.78 is 12.8. The van der Waals surface area contributed by atoms with Gasteiger partial charge in [0.25, 0.3) is 5.91 Å². The molecular formula is C14H19FN4O2. The van der Waals surface area contributed by atoms with Crippen molar-refractivity contribution in [3.63, 3.8) is 0 Å². The van der Waals surface area contributed by atoms with Crippen LogP contribution in [0.1, 0.15) is 43.1 Å². The average Bonchev–Trinajstić information content (AvgIpc) is 2.49. The van der Waals surface area contributed by atoms with E-state index in [0.29, 0.717) is 18.8 Å². The Morgan fingerprint density at radius 3 is 2.71 bits per heavy atom. The topological polar surface area (TPSA) is 101 Å². The third kappa shape index (κ3) is 3.29. The Labute approximate surface area is 122 Å². The lowest BCUT2D eigenvalue weighted by molar-refractivity contribution is 0.0892. The number of carbonyl (C=O) groups excluding carboxylic acids is 1. The summed E-state index contributed by atoms with van der Waals surface area (Å²) in [6.45, 7) is 2.12. The molecule has 6 nitrogen and oxygen atoms in total. The molecule has 21 heavy (non-hydrogen) atoms. The van der Waals surface area contributed by atoms with Crippen molar-refractivity contribution in [3.05, 3.63) is 29.8 Å². The van der Waals surface area contributed by atoms with Crippen LogP contribution >= 0.6 is 0 Å². The molecule has 1 aliphatic rings. The maximum atomic E-state index is 12.8. The quantitative estimate of drug-likeness (QED) is 0.341. The predicted molar refractivity (Wildman–Crippen MR) is 75.4 cm³/mol. The SMILES string of the molecule is CC1CCC(NC(=O)c2ccc(F)cn2)(/C(N)=N/O)CC1. The average molecular weight is 294 g/mol. The van der Waals surface area contributed by atoms with Crippen molar-refractivity contribution in [1.29, 1.82) is 0 Å². The van der Waals surface area contributed by atoms with Gasteiger partial charge in [-0.15, -0.1) is 0 Å². The molecule has 0 aliphatic heterocycles. The number of nitrogens with two attached hydrogens (primary N) is 1. The Morgan fingerprint density at radius 1 is 1.52 bits per heavy atom. The van der Waals surface area contributed by atoms with Crippen molar-refractivity contribution < 1.29 is 14.4 Å². The van der Waals surface area contributed by atoms with Gasteiger partial charge in [0, 0.05) is 0 Å². The standard InChI is InChI=1S/C14H19FN4O2/c1-9-4-6-14(7-5-9,13(16)19-21)18-12(20)11-3-2-10(15)8-17-11/h2-3,8-9,21H,4-7H2,1H3,(H2,16,19)(H,18,20). The highest BCUT2D eigenvalue weighted by molar-refractivity contribution is 5.99. The van der Waals surface area contributed by atoms with Gasteiger partial charge >= 0.3 is 0 Å². The monoisotopic (exact) mass is 294 g/mol. The van der Waals surface area contributed by atoms with Gasteiger partial charge < -0.3 is 16.3 Å². The zero-order valence-electron chi connectivity index (χ0n) is 11.8. The van der Waals surface area contributed by atoms with E-state index in [1.165, 1.54) is 12.1 Å². The van der Waals surface area contributed by atoms with Gasteiger partial charge in [-0.05, 0) is 43.7 Å². The van der Waals surface area contributed by atoms with Gasteiger partial charge in [-0.2, -0.15) is 0 Å². The molecule has 0 aromatic carbocycles. The molecule has 1 amide bonds. The van der Waals surface area contributed by atoms with Crippen LogP contribution in [0.25, 0.3) is 0 Å². The van der Waals surface area contributed by atoms with Gasteiger partial charge in [-0.1, -0.05) is 12.1 Å². The van der Waals surface area contributed by atoms with E-state index >= 15 is 0 Å². The Morgan fingerprint density at radius 2 is 2.19 bits per heavy atom. The van der Waals surface area contributed by atoms with Gasteiger partial charge in [0.15, 0.2) is 5.84 Å². The molecule has 114 valence electrons. The number of amides is 1. The second-order valence-corrected chi connectivity index (χ2v) is 5.57. The van der Waals surface area contributed by atoms with Crippen LogP contribution < -0.4 is 11.1 Å². The summed E-state index contributed by atoms with van der Waals surface area (Å²) in [7, 11) is 0. The molecule has 1 saturated carbocycles. The molecule has 0 saturated heterocycles. The first kappa shape index (κ1) is 15.2. The molecule has 1 aliphatic carbocycles. The summed E-state index contributed by atoms with van der Waals surface area (Å²) in [5, 5.41) is 14.9. The van der Waals surface area contributed by atoms with Gasteiger partial charge in [-0.3, -0.25) is 4.79 Å². The first-order valence-corrected chi connectivity index (χ1v) is 6.89. The minimum Gasteiger partial charge on any atom is -0.409 e. The van der Waals surface area contributed by atoms with E-state index in [9.17, 15) is 9.18 Å². The molecule has 0 unspecified atom stereocenters. The zero-order valence-corrected chi connectivity index (χ0v) is 11.8. The molecule has 4 N–H and O–H groups in total. The van der Waals surface area contributed by atoms with Crippen molar-refractivity contribution in [2.45, 2.75) is 38.1 Å². The number of oxime groups is 1. The van der Waals surface area contributed by atoms with E-state index in [4.69, 9.17) is 10.9 Å². The third-order valence-corrected chi connectivity index (χ3v) is 4.04. The van der Waals surface area contributed by atoms with Gasteiger partial charge in [0.1, 0.15) is 17.1 Å². The maximum Gasteiger partial charge on any atom is 0.270 e. The number of halogens is 1. The number of hydrogen-bond acceptors (Lipinski definition) is 4. The molecule has 1 aromatic rings. The number of nitrogens with zero attached hydrogens (tertiary/aromatic N) is 2. The lowest BCUT2D eigenvalue weighted by atomic mass is 9.76. The summed E-state index contributed by atoms with van der Waals surface area (Å²) in [4.78, 5) is 16.0. The van der Waals surface area contributed by atoms with Gasteiger partial charge in [0.05, 0.1) is 6.20 Å². The Hall–Kier alpha value is -2.18. The summed E-state index contributed by atoms with van der Waals surface area (Å²) >= 11 is 0. The Bertz CT molecular complexity index is 536. The third-order valence-electron chi connectivity index (χ3n) is 4.04. The molecule has 1 heterocycles. The van der Waals surface area contributed by atoms with E-state index in [-0.39, 0.29) is 11.5 Å². The number of nitrogens with one attached hydrogen (secondary N) is 1.